The summed E-state index contributed by atoms with van der Waals surface area (Å²) in [5.74, 6) is 1.17. The van der Waals surface area contributed by atoms with Gasteiger partial charge in [-0.05, 0) is 32.4 Å². The largest absolute Gasteiger partial charge is 0.455 e. The minimum Gasteiger partial charge on any atom is -0.455 e. The fourth-order valence-corrected chi connectivity index (χ4v) is 3.35. The van der Waals surface area contributed by atoms with Crippen LogP contribution in [0.4, 0.5) is 0 Å². The number of rotatable bonds is 3. The van der Waals surface area contributed by atoms with Gasteiger partial charge in [-0.25, -0.2) is 0 Å². The molecule has 4 rings (SSSR count). The van der Waals surface area contributed by atoms with Crippen molar-refractivity contribution in [1.82, 2.24) is 19.9 Å². The predicted molar refractivity (Wildman–Crippen MR) is 89.6 cm³/mol. The minimum absolute atomic E-state index is 0.0537. The van der Waals surface area contributed by atoms with Gasteiger partial charge in [0.05, 0.1) is 11.6 Å². The first-order chi connectivity index (χ1) is 12.1. The van der Waals surface area contributed by atoms with Crippen LogP contribution in [0.2, 0.25) is 0 Å². The Labute approximate surface area is 144 Å². The normalized spacial score (nSPS) is 15.2. The van der Waals surface area contributed by atoms with E-state index in [1.807, 2.05) is 35.7 Å². The molecule has 0 aliphatic heterocycles. The Balaban J connectivity index is 1.61. The van der Waals surface area contributed by atoms with Crippen molar-refractivity contribution >= 4 is 17.3 Å². The fraction of sp³-hybridized carbons (Fsp3) is 0.333. The van der Waals surface area contributed by atoms with Crippen molar-refractivity contribution in [3.63, 3.8) is 0 Å². The third-order valence-electron chi connectivity index (χ3n) is 4.59. The predicted octanol–water partition coefficient (Wildman–Crippen LogP) is 2.64. The molecule has 3 heterocycles. The van der Waals surface area contributed by atoms with E-state index in [-0.39, 0.29) is 23.5 Å². The summed E-state index contributed by atoms with van der Waals surface area (Å²) >= 11 is 0. The lowest BCUT2D eigenvalue weighted by molar-refractivity contribution is 0.0904. The standard InChI is InChI=1S/C18H18N4O3/c1-10-15-12(23)6-5-7-13(15)25-16(10)18(24)19-11(2)17-21-20-14-8-3-4-9-22(14)17/h3-4,8-9,11H,5-7H2,1-2H3,(H,19,24). The Morgan fingerprint density at radius 2 is 2.16 bits per heavy atom. The molecule has 1 N–H and O–H groups in total. The van der Waals surface area contributed by atoms with Crippen LogP contribution in [0.3, 0.4) is 0 Å². The molecule has 3 aromatic heterocycles. The van der Waals surface area contributed by atoms with E-state index in [9.17, 15) is 9.59 Å². The molecule has 1 amide bonds. The van der Waals surface area contributed by atoms with E-state index < -0.39 is 0 Å². The van der Waals surface area contributed by atoms with Crippen LogP contribution < -0.4 is 5.32 Å². The Hall–Kier alpha value is -2.96. The summed E-state index contributed by atoms with van der Waals surface area (Å²) in [6, 6.07) is 5.25. The number of nitrogens with zero attached hydrogens (tertiary/aromatic N) is 3. The Morgan fingerprint density at radius 1 is 1.32 bits per heavy atom. The lowest BCUT2D eigenvalue weighted by Gasteiger charge is -2.11. The molecular formula is C18H18N4O3. The van der Waals surface area contributed by atoms with E-state index in [1.54, 1.807) is 6.92 Å². The van der Waals surface area contributed by atoms with Gasteiger partial charge in [-0.2, -0.15) is 0 Å². The molecule has 25 heavy (non-hydrogen) atoms. The number of nitrogens with one attached hydrogen (secondary N) is 1. The molecule has 3 aromatic rings. The van der Waals surface area contributed by atoms with Crippen molar-refractivity contribution in [2.45, 2.75) is 39.2 Å². The second kappa shape index (κ2) is 5.84. The van der Waals surface area contributed by atoms with Gasteiger partial charge in [0.2, 0.25) is 0 Å². The van der Waals surface area contributed by atoms with Gasteiger partial charge >= 0.3 is 0 Å². The van der Waals surface area contributed by atoms with Gasteiger partial charge in [0.15, 0.2) is 23.0 Å². The SMILES string of the molecule is Cc1c(C(=O)NC(C)c2nnc3ccccn23)oc2c1C(=O)CCC2. The van der Waals surface area contributed by atoms with Gasteiger partial charge in [0.1, 0.15) is 5.76 Å². The zero-order chi connectivity index (χ0) is 17.6. The number of furan rings is 1. The van der Waals surface area contributed by atoms with Crippen LogP contribution >= 0.6 is 0 Å². The molecular weight excluding hydrogens is 320 g/mol. The molecule has 0 saturated heterocycles. The number of ketones is 1. The van der Waals surface area contributed by atoms with Crippen LogP contribution in [0.25, 0.3) is 5.65 Å². The van der Waals surface area contributed by atoms with E-state index in [2.05, 4.69) is 15.5 Å². The first-order valence-corrected chi connectivity index (χ1v) is 8.32. The average molecular weight is 338 g/mol. The number of aryl methyl sites for hydroxylation is 1. The number of carbonyl (C=O) groups is 2. The summed E-state index contributed by atoms with van der Waals surface area (Å²) in [5.41, 5.74) is 1.92. The van der Waals surface area contributed by atoms with Crippen LogP contribution in [0.15, 0.2) is 28.8 Å². The van der Waals surface area contributed by atoms with Crippen LogP contribution in [0.1, 0.15) is 63.9 Å². The van der Waals surface area contributed by atoms with Gasteiger partial charge in [-0.15, -0.1) is 10.2 Å². The summed E-state index contributed by atoms with van der Waals surface area (Å²) in [6.07, 6.45) is 3.82. The summed E-state index contributed by atoms with van der Waals surface area (Å²) in [4.78, 5) is 24.7. The monoisotopic (exact) mass is 338 g/mol. The van der Waals surface area contributed by atoms with Crippen LogP contribution in [0.5, 0.6) is 0 Å². The zero-order valence-electron chi connectivity index (χ0n) is 14.1. The molecule has 1 aliphatic rings. The van der Waals surface area contributed by atoms with Gasteiger partial charge in [0, 0.05) is 24.6 Å². The summed E-state index contributed by atoms with van der Waals surface area (Å²) in [7, 11) is 0. The van der Waals surface area contributed by atoms with E-state index in [0.29, 0.717) is 41.2 Å². The number of amides is 1. The smallest absolute Gasteiger partial charge is 0.287 e. The van der Waals surface area contributed by atoms with Crippen LogP contribution in [-0.2, 0) is 6.42 Å². The van der Waals surface area contributed by atoms with Gasteiger partial charge in [-0.1, -0.05) is 6.07 Å². The lowest BCUT2D eigenvalue weighted by Crippen LogP contribution is -2.28. The molecule has 1 unspecified atom stereocenters. The Bertz CT molecular complexity index is 986. The fourth-order valence-electron chi connectivity index (χ4n) is 3.35. The van der Waals surface area contributed by atoms with Crippen LogP contribution in [-0.4, -0.2) is 26.3 Å². The van der Waals surface area contributed by atoms with Crippen molar-refractivity contribution in [2.24, 2.45) is 0 Å². The third kappa shape index (κ3) is 2.52. The second-order valence-electron chi connectivity index (χ2n) is 6.31. The second-order valence-corrected chi connectivity index (χ2v) is 6.31. The van der Waals surface area contributed by atoms with E-state index in [4.69, 9.17) is 4.42 Å². The maximum absolute atomic E-state index is 12.7. The molecule has 0 spiro atoms. The number of hydrogen-bond acceptors (Lipinski definition) is 5. The maximum atomic E-state index is 12.7. The molecule has 1 atom stereocenters. The number of fused-ring (bicyclic) bond motifs is 2. The highest BCUT2D eigenvalue weighted by Crippen LogP contribution is 2.29. The topological polar surface area (TPSA) is 89.5 Å². The molecule has 0 fully saturated rings. The number of aromatic nitrogens is 3. The first-order valence-electron chi connectivity index (χ1n) is 8.32. The first kappa shape index (κ1) is 15.6. The van der Waals surface area contributed by atoms with E-state index in [1.165, 1.54) is 0 Å². The van der Waals surface area contributed by atoms with Crippen molar-refractivity contribution in [1.29, 1.82) is 0 Å². The van der Waals surface area contributed by atoms with Gasteiger partial charge in [-0.3, -0.25) is 14.0 Å². The quantitative estimate of drug-likeness (QED) is 0.793. The molecule has 7 nitrogen and oxygen atoms in total. The van der Waals surface area contributed by atoms with Crippen molar-refractivity contribution in [3.8, 4) is 0 Å². The van der Waals surface area contributed by atoms with Crippen molar-refractivity contribution < 1.29 is 14.0 Å². The van der Waals surface area contributed by atoms with Gasteiger partial charge in [0.25, 0.3) is 5.91 Å². The highest BCUT2D eigenvalue weighted by molar-refractivity contribution is 6.03. The molecule has 0 saturated carbocycles. The minimum atomic E-state index is -0.359. The number of hydrogen-bond donors (Lipinski definition) is 1. The average Bonchev–Trinajstić information content (AvgIpc) is 3.17. The Morgan fingerprint density at radius 3 is 2.96 bits per heavy atom. The number of carbonyl (C=O) groups excluding carboxylic acids is 2. The number of Topliss-reactive ketones (excluding diaryl/α,β-unsaturated/α-hetero) is 1. The summed E-state index contributed by atoms with van der Waals surface area (Å²) in [5, 5.41) is 11.1. The summed E-state index contributed by atoms with van der Waals surface area (Å²) < 4.78 is 7.53. The Kier molecular flexibility index (Phi) is 3.63. The highest BCUT2D eigenvalue weighted by Gasteiger charge is 2.29. The van der Waals surface area contributed by atoms with Gasteiger partial charge < -0.3 is 9.73 Å². The number of pyridine rings is 1. The molecule has 0 aromatic carbocycles. The van der Waals surface area contributed by atoms with Crippen molar-refractivity contribution in [3.05, 3.63) is 52.9 Å². The van der Waals surface area contributed by atoms with Crippen molar-refractivity contribution in [2.75, 3.05) is 0 Å². The van der Waals surface area contributed by atoms with E-state index >= 15 is 0 Å². The molecule has 0 radical (unpaired) electrons. The zero-order valence-corrected chi connectivity index (χ0v) is 14.1. The molecule has 1 aliphatic carbocycles. The molecule has 0 bridgehead atoms. The summed E-state index contributed by atoms with van der Waals surface area (Å²) in [6.45, 7) is 3.60. The lowest BCUT2D eigenvalue weighted by atomic mass is 9.94. The highest BCUT2D eigenvalue weighted by atomic mass is 16.4. The van der Waals surface area contributed by atoms with E-state index in [0.717, 1.165) is 6.42 Å². The molecule has 128 valence electrons. The third-order valence-corrected chi connectivity index (χ3v) is 4.59. The van der Waals surface area contributed by atoms with Crippen LogP contribution in [0, 0.1) is 6.92 Å². The molecule has 7 heteroatoms. The maximum Gasteiger partial charge on any atom is 0.287 e.